The molecule has 2 aromatic heterocycles. The zero-order valence-electron chi connectivity index (χ0n) is 17.4. The summed E-state index contributed by atoms with van der Waals surface area (Å²) in [5, 5.41) is 0. The molecule has 156 valence electrons. The van der Waals surface area contributed by atoms with Gasteiger partial charge in [-0.1, -0.05) is 13.8 Å². The van der Waals surface area contributed by atoms with Gasteiger partial charge in [0.25, 0.3) is 5.56 Å². The van der Waals surface area contributed by atoms with Crippen LogP contribution in [0.1, 0.15) is 41.9 Å². The molecule has 0 bridgehead atoms. The van der Waals surface area contributed by atoms with E-state index in [4.69, 9.17) is 9.47 Å². The van der Waals surface area contributed by atoms with Crippen LogP contribution < -0.4 is 10.3 Å². The van der Waals surface area contributed by atoms with Gasteiger partial charge in [0.1, 0.15) is 17.9 Å². The number of rotatable bonds is 7. The maximum Gasteiger partial charge on any atom is 0.343 e. The highest BCUT2D eigenvalue weighted by Crippen LogP contribution is 2.25. The fourth-order valence-corrected chi connectivity index (χ4v) is 3.53. The van der Waals surface area contributed by atoms with Crippen LogP contribution in [-0.4, -0.2) is 47.2 Å². The van der Waals surface area contributed by atoms with Gasteiger partial charge in [0.05, 0.1) is 7.11 Å². The first kappa shape index (κ1) is 21.0. The highest BCUT2D eigenvalue weighted by Gasteiger charge is 2.26. The lowest BCUT2D eigenvalue weighted by Gasteiger charge is -2.20. The zero-order chi connectivity index (χ0) is 20.8. The van der Waals surface area contributed by atoms with Crippen molar-refractivity contribution in [3.63, 3.8) is 0 Å². The minimum absolute atomic E-state index is 0.150. The van der Waals surface area contributed by atoms with Crippen LogP contribution in [0, 0.1) is 5.92 Å². The monoisotopic (exact) mass is 399 g/mol. The summed E-state index contributed by atoms with van der Waals surface area (Å²) in [5.41, 5.74) is 1.81. The second kappa shape index (κ2) is 9.69. The maximum absolute atomic E-state index is 12.8. The molecule has 29 heavy (non-hydrogen) atoms. The van der Waals surface area contributed by atoms with Crippen molar-refractivity contribution in [1.29, 1.82) is 0 Å². The molecule has 0 aliphatic carbocycles. The van der Waals surface area contributed by atoms with E-state index in [1.807, 2.05) is 12.1 Å². The summed E-state index contributed by atoms with van der Waals surface area (Å²) in [4.78, 5) is 31.7. The lowest BCUT2D eigenvalue weighted by atomic mass is 10.1. The minimum Gasteiger partial charge on any atom is -0.488 e. The van der Waals surface area contributed by atoms with Crippen LogP contribution in [0.5, 0.6) is 5.75 Å². The Morgan fingerprint density at radius 2 is 1.97 bits per heavy atom. The van der Waals surface area contributed by atoms with Gasteiger partial charge in [0.15, 0.2) is 0 Å². The predicted octanol–water partition coefficient (Wildman–Crippen LogP) is 2.51. The lowest BCUT2D eigenvalue weighted by Crippen LogP contribution is -2.30. The third kappa shape index (κ3) is 5.23. The van der Waals surface area contributed by atoms with Gasteiger partial charge in [0.2, 0.25) is 0 Å². The molecule has 0 spiro atoms. The second-order valence-corrected chi connectivity index (χ2v) is 7.73. The topological polar surface area (TPSA) is 73.7 Å². The highest BCUT2D eigenvalue weighted by atomic mass is 16.5. The molecule has 2 aromatic rings. The van der Waals surface area contributed by atoms with Crippen molar-refractivity contribution in [3.05, 3.63) is 57.8 Å². The molecule has 0 saturated heterocycles. The first-order valence-electron chi connectivity index (χ1n) is 10.1. The summed E-state index contributed by atoms with van der Waals surface area (Å²) in [6.45, 7) is 7.79. The van der Waals surface area contributed by atoms with Crippen molar-refractivity contribution in [2.45, 2.75) is 39.8 Å². The Balaban J connectivity index is 1.89. The molecule has 1 aliphatic rings. The number of fused-ring (bicyclic) bond motifs is 1. The van der Waals surface area contributed by atoms with E-state index >= 15 is 0 Å². The van der Waals surface area contributed by atoms with Crippen LogP contribution >= 0.6 is 0 Å². The molecule has 0 fully saturated rings. The molecule has 0 saturated carbocycles. The van der Waals surface area contributed by atoms with Crippen molar-refractivity contribution in [3.8, 4) is 5.75 Å². The van der Waals surface area contributed by atoms with E-state index in [1.165, 1.54) is 13.2 Å². The van der Waals surface area contributed by atoms with E-state index in [1.54, 1.807) is 17.0 Å². The van der Waals surface area contributed by atoms with Crippen LogP contribution in [0.4, 0.5) is 0 Å². The van der Waals surface area contributed by atoms with Crippen molar-refractivity contribution in [2.75, 3.05) is 26.7 Å². The van der Waals surface area contributed by atoms with Crippen molar-refractivity contribution >= 4 is 5.97 Å². The SMILES string of the molecule is COC(=O)c1c(OCc2ccncc2)cc(=O)n2c1CCN(CCC(C)C)CC2. The third-order valence-corrected chi connectivity index (χ3v) is 5.24. The molecule has 7 heteroatoms. The Morgan fingerprint density at radius 3 is 2.66 bits per heavy atom. The number of hydrogen-bond donors (Lipinski definition) is 0. The van der Waals surface area contributed by atoms with Crippen molar-refractivity contribution < 1.29 is 14.3 Å². The second-order valence-electron chi connectivity index (χ2n) is 7.73. The van der Waals surface area contributed by atoms with E-state index in [2.05, 4.69) is 23.7 Å². The number of pyridine rings is 2. The van der Waals surface area contributed by atoms with E-state index in [-0.39, 0.29) is 17.9 Å². The number of esters is 1. The largest absolute Gasteiger partial charge is 0.488 e. The Kier molecular flexibility index (Phi) is 7.04. The van der Waals surface area contributed by atoms with Gasteiger partial charge in [-0.15, -0.1) is 0 Å². The summed E-state index contributed by atoms with van der Waals surface area (Å²) >= 11 is 0. The Morgan fingerprint density at radius 1 is 1.21 bits per heavy atom. The Bertz CT molecular complexity index is 893. The molecule has 0 unspecified atom stereocenters. The van der Waals surface area contributed by atoms with E-state index in [0.29, 0.717) is 30.1 Å². The normalized spacial score (nSPS) is 14.3. The molecule has 3 rings (SSSR count). The minimum atomic E-state index is -0.478. The standard InChI is InChI=1S/C22H29N3O4/c1-16(2)6-10-24-11-7-18-21(22(27)28-3)19(14-20(26)25(18)13-12-24)29-15-17-4-8-23-9-5-17/h4-5,8-9,14,16H,6-7,10-13,15H2,1-3H3. The number of carbonyl (C=O) groups excluding carboxylic acids is 1. The van der Waals surface area contributed by atoms with Crippen LogP contribution in [0.3, 0.4) is 0 Å². The third-order valence-electron chi connectivity index (χ3n) is 5.24. The van der Waals surface area contributed by atoms with Crippen molar-refractivity contribution in [2.24, 2.45) is 5.92 Å². The van der Waals surface area contributed by atoms with Gasteiger partial charge < -0.3 is 18.9 Å². The van der Waals surface area contributed by atoms with Crippen LogP contribution in [-0.2, 0) is 24.3 Å². The summed E-state index contributed by atoms with van der Waals surface area (Å²) in [6, 6.07) is 5.07. The fraction of sp³-hybridized carbons (Fsp3) is 0.500. The molecule has 0 amide bonds. The molecule has 0 atom stereocenters. The van der Waals surface area contributed by atoms with Gasteiger partial charge >= 0.3 is 5.97 Å². The number of methoxy groups -OCH3 is 1. The fourth-order valence-electron chi connectivity index (χ4n) is 3.53. The predicted molar refractivity (Wildman–Crippen MR) is 110 cm³/mol. The van der Waals surface area contributed by atoms with E-state index < -0.39 is 5.97 Å². The zero-order valence-corrected chi connectivity index (χ0v) is 17.4. The number of carbonyl (C=O) groups is 1. The van der Waals surface area contributed by atoms with E-state index in [9.17, 15) is 9.59 Å². The number of nitrogens with zero attached hydrogens (tertiary/aromatic N) is 3. The van der Waals surface area contributed by atoms with Crippen LogP contribution in [0.15, 0.2) is 35.4 Å². The summed E-state index contributed by atoms with van der Waals surface area (Å²) in [5.74, 6) is 0.428. The van der Waals surface area contributed by atoms with Gasteiger partial charge in [-0.25, -0.2) is 4.79 Å². The van der Waals surface area contributed by atoms with Gasteiger partial charge in [-0.3, -0.25) is 9.78 Å². The first-order valence-corrected chi connectivity index (χ1v) is 10.1. The van der Waals surface area contributed by atoms with Gasteiger partial charge in [-0.05, 0) is 36.6 Å². The van der Waals surface area contributed by atoms with Gasteiger partial charge in [0, 0.05) is 50.2 Å². The van der Waals surface area contributed by atoms with Crippen LogP contribution in [0.25, 0.3) is 0 Å². The number of hydrogen-bond acceptors (Lipinski definition) is 6. The average Bonchev–Trinajstić information content (AvgIpc) is 2.94. The molecule has 0 radical (unpaired) electrons. The number of aromatic nitrogens is 2. The maximum atomic E-state index is 12.8. The first-order chi connectivity index (χ1) is 14.0. The quantitative estimate of drug-likeness (QED) is 0.666. The summed E-state index contributed by atoms with van der Waals surface area (Å²) in [6.07, 6.45) is 5.06. The molecule has 0 aromatic carbocycles. The smallest absolute Gasteiger partial charge is 0.343 e. The van der Waals surface area contributed by atoms with E-state index in [0.717, 1.165) is 31.6 Å². The molecule has 1 aliphatic heterocycles. The molecular formula is C22H29N3O4. The highest BCUT2D eigenvalue weighted by molar-refractivity contribution is 5.93. The van der Waals surface area contributed by atoms with Crippen LogP contribution in [0.2, 0.25) is 0 Å². The summed E-state index contributed by atoms with van der Waals surface area (Å²) < 4.78 is 12.6. The summed E-state index contributed by atoms with van der Waals surface area (Å²) in [7, 11) is 1.35. The lowest BCUT2D eigenvalue weighted by molar-refractivity contribution is 0.0592. The van der Waals surface area contributed by atoms with Gasteiger partial charge in [-0.2, -0.15) is 0 Å². The Labute approximate surface area is 171 Å². The van der Waals surface area contributed by atoms with Crippen molar-refractivity contribution in [1.82, 2.24) is 14.5 Å². The molecule has 3 heterocycles. The average molecular weight is 399 g/mol. The molecule has 7 nitrogen and oxygen atoms in total. The Hall–Kier alpha value is -2.67. The molecular weight excluding hydrogens is 370 g/mol. The molecule has 0 N–H and O–H groups in total. The number of ether oxygens (including phenoxy) is 2.